The number of rotatable bonds is 3. The molecule has 2 N–H and O–H groups in total. The number of hydrogen-bond acceptors (Lipinski definition) is 2. The lowest BCUT2D eigenvalue weighted by atomic mass is 10.1. The van der Waals surface area contributed by atoms with E-state index in [2.05, 4.69) is 15.6 Å². The summed E-state index contributed by atoms with van der Waals surface area (Å²) in [4.78, 5) is 16.0. The van der Waals surface area contributed by atoms with E-state index >= 15 is 0 Å². The lowest BCUT2D eigenvalue weighted by Crippen LogP contribution is -2.26. The van der Waals surface area contributed by atoms with Crippen molar-refractivity contribution in [1.29, 1.82) is 0 Å². The van der Waals surface area contributed by atoms with Crippen molar-refractivity contribution in [3.05, 3.63) is 35.6 Å². The maximum absolute atomic E-state index is 13.1. The lowest BCUT2D eigenvalue weighted by Gasteiger charge is -2.07. The Bertz CT molecular complexity index is 485. The zero-order valence-electron chi connectivity index (χ0n) is 10.4. The van der Waals surface area contributed by atoms with Gasteiger partial charge < -0.3 is 5.32 Å². The molecule has 4 nitrogen and oxygen atoms in total. The number of hydrogen-bond donors (Lipinski definition) is 2. The van der Waals surface area contributed by atoms with E-state index in [-0.39, 0.29) is 11.7 Å². The fourth-order valence-electron chi connectivity index (χ4n) is 1.71. The van der Waals surface area contributed by atoms with Crippen LogP contribution in [0.15, 0.2) is 29.3 Å². The SMILES string of the molecule is CC(C)CN=C1NC(=O)C(c2cccc(F)c2)N1. The Labute approximate surface area is 105 Å². The van der Waals surface area contributed by atoms with Crippen LogP contribution in [0, 0.1) is 11.7 Å². The summed E-state index contributed by atoms with van der Waals surface area (Å²) in [6, 6.07) is 5.44. The zero-order chi connectivity index (χ0) is 13.1. The number of nitrogens with one attached hydrogen (secondary N) is 2. The van der Waals surface area contributed by atoms with Gasteiger partial charge in [0.1, 0.15) is 11.9 Å². The van der Waals surface area contributed by atoms with Crippen LogP contribution in [0.1, 0.15) is 25.5 Å². The smallest absolute Gasteiger partial charge is 0.253 e. The third-order valence-electron chi connectivity index (χ3n) is 2.58. The Morgan fingerprint density at radius 1 is 1.44 bits per heavy atom. The van der Waals surface area contributed by atoms with E-state index in [1.165, 1.54) is 12.1 Å². The van der Waals surface area contributed by atoms with E-state index in [1.54, 1.807) is 12.1 Å². The highest BCUT2D eigenvalue weighted by Gasteiger charge is 2.29. The van der Waals surface area contributed by atoms with Crippen LogP contribution < -0.4 is 10.6 Å². The van der Waals surface area contributed by atoms with Crippen LogP contribution in [0.3, 0.4) is 0 Å². The highest BCUT2D eigenvalue weighted by Crippen LogP contribution is 2.17. The summed E-state index contributed by atoms with van der Waals surface area (Å²) in [5, 5.41) is 5.62. The van der Waals surface area contributed by atoms with Crippen molar-refractivity contribution in [2.75, 3.05) is 6.54 Å². The molecule has 0 spiro atoms. The number of carbonyl (C=O) groups excluding carboxylic acids is 1. The van der Waals surface area contributed by atoms with Gasteiger partial charge in [0, 0.05) is 6.54 Å². The maximum Gasteiger partial charge on any atom is 0.253 e. The van der Waals surface area contributed by atoms with E-state index in [1.807, 2.05) is 13.8 Å². The minimum atomic E-state index is -0.563. The molecule has 2 rings (SSSR count). The number of guanidine groups is 1. The van der Waals surface area contributed by atoms with Gasteiger partial charge in [0.25, 0.3) is 5.91 Å². The van der Waals surface area contributed by atoms with Crippen LogP contribution in [0.4, 0.5) is 4.39 Å². The molecule has 1 aliphatic rings. The van der Waals surface area contributed by atoms with Crippen molar-refractivity contribution >= 4 is 11.9 Å². The standard InChI is InChI=1S/C13H16FN3O/c1-8(2)7-15-13-16-11(12(18)17-13)9-4-3-5-10(14)6-9/h3-6,8,11H,7H2,1-2H3,(H2,15,16,17,18). The Balaban J connectivity index is 2.12. The molecule has 0 bridgehead atoms. The molecule has 1 aromatic carbocycles. The predicted molar refractivity (Wildman–Crippen MR) is 67.6 cm³/mol. The van der Waals surface area contributed by atoms with Gasteiger partial charge in [-0.05, 0) is 23.6 Å². The monoisotopic (exact) mass is 249 g/mol. The Kier molecular flexibility index (Phi) is 3.60. The molecular weight excluding hydrogens is 233 g/mol. The molecule has 1 aromatic rings. The summed E-state index contributed by atoms with van der Waals surface area (Å²) in [7, 11) is 0. The van der Waals surface area contributed by atoms with E-state index in [0.29, 0.717) is 24.0 Å². The largest absolute Gasteiger partial charge is 0.340 e. The molecule has 18 heavy (non-hydrogen) atoms. The quantitative estimate of drug-likeness (QED) is 0.855. The van der Waals surface area contributed by atoms with Crippen LogP contribution >= 0.6 is 0 Å². The average molecular weight is 249 g/mol. The van der Waals surface area contributed by atoms with Crippen molar-refractivity contribution in [2.45, 2.75) is 19.9 Å². The molecule has 0 aromatic heterocycles. The fraction of sp³-hybridized carbons (Fsp3) is 0.385. The summed E-state index contributed by atoms with van der Waals surface area (Å²) in [6.07, 6.45) is 0. The third kappa shape index (κ3) is 2.85. The highest BCUT2D eigenvalue weighted by atomic mass is 19.1. The Hall–Kier alpha value is -1.91. The molecule has 0 aliphatic carbocycles. The second kappa shape index (κ2) is 5.16. The first kappa shape index (κ1) is 12.5. The maximum atomic E-state index is 13.1. The Morgan fingerprint density at radius 3 is 2.89 bits per heavy atom. The fourth-order valence-corrected chi connectivity index (χ4v) is 1.71. The van der Waals surface area contributed by atoms with Crippen molar-refractivity contribution in [2.24, 2.45) is 10.9 Å². The number of nitrogens with zero attached hydrogens (tertiary/aromatic N) is 1. The number of aliphatic imine (C=N–C) groups is 1. The molecule has 1 aliphatic heterocycles. The minimum Gasteiger partial charge on any atom is -0.340 e. The number of amides is 1. The van der Waals surface area contributed by atoms with E-state index in [0.717, 1.165) is 0 Å². The highest BCUT2D eigenvalue weighted by molar-refractivity contribution is 6.06. The van der Waals surface area contributed by atoms with Crippen LogP contribution in [-0.2, 0) is 4.79 Å². The second-order valence-corrected chi connectivity index (χ2v) is 4.70. The number of carbonyl (C=O) groups is 1. The van der Waals surface area contributed by atoms with Crippen LogP contribution in [0.2, 0.25) is 0 Å². The van der Waals surface area contributed by atoms with Gasteiger partial charge in [0.05, 0.1) is 0 Å². The summed E-state index contributed by atoms with van der Waals surface area (Å²) in [5.41, 5.74) is 0.599. The summed E-state index contributed by atoms with van der Waals surface area (Å²) in [5.74, 6) is 0.324. The normalized spacial score (nSPS) is 21.2. The molecule has 0 saturated carbocycles. The van der Waals surface area contributed by atoms with E-state index < -0.39 is 6.04 Å². The van der Waals surface area contributed by atoms with Crippen LogP contribution in [0.25, 0.3) is 0 Å². The van der Waals surface area contributed by atoms with Gasteiger partial charge >= 0.3 is 0 Å². The minimum absolute atomic E-state index is 0.205. The average Bonchev–Trinajstić information content (AvgIpc) is 2.68. The first-order valence-electron chi connectivity index (χ1n) is 5.93. The molecular formula is C13H16FN3O. The first-order valence-corrected chi connectivity index (χ1v) is 5.93. The Morgan fingerprint density at radius 2 is 2.22 bits per heavy atom. The molecule has 96 valence electrons. The molecule has 1 saturated heterocycles. The number of halogens is 1. The third-order valence-corrected chi connectivity index (χ3v) is 2.58. The zero-order valence-corrected chi connectivity index (χ0v) is 10.4. The van der Waals surface area contributed by atoms with E-state index in [9.17, 15) is 9.18 Å². The van der Waals surface area contributed by atoms with E-state index in [4.69, 9.17) is 0 Å². The lowest BCUT2D eigenvalue weighted by molar-refractivity contribution is -0.120. The summed E-state index contributed by atoms with van der Waals surface area (Å²) in [6.45, 7) is 4.73. The van der Waals surface area contributed by atoms with Crippen molar-refractivity contribution in [3.8, 4) is 0 Å². The van der Waals surface area contributed by atoms with Crippen LogP contribution in [-0.4, -0.2) is 18.4 Å². The second-order valence-electron chi connectivity index (χ2n) is 4.70. The van der Waals surface area contributed by atoms with Gasteiger partial charge in [-0.1, -0.05) is 26.0 Å². The molecule has 1 amide bonds. The van der Waals surface area contributed by atoms with Gasteiger partial charge in [-0.2, -0.15) is 0 Å². The van der Waals surface area contributed by atoms with Crippen molar-refractivity contribution in [1.82, 2.24) is 10.6 Å². The van der Waals surface area contributed by atoms with Crippen molar-refractivity contribution < 1.29 is 9.18 Å². The van der Waals surface area contributed by atoms with Gasteiger partial charge in [-0.15, -0.1) is 0 Å². The van der Waals surface area contributed by atoms with Crippen molar-refractivity contribution in [3.63, 3.8) is 0 Å². The summed E-state index contributed by atoms with van der Waals surface area (Å²) >= 11 is 0. The van der Waals surface area contributed by atoms with Gasteiger partial charge in [0.2, 0.25) is 0 Å². The molecule has 5 heteroatoms. The molecule has 1 fully saturated rings. The molecule has 1 unspecified atom stereocenters. The van der Waals surface area contributed by atoms with Crippen LogP contribution in [0.5, 0.6) is 0 Å². The van der Waals surface area contributed by atoms with Gasteiger partial charge in [-0.3, -0.25) is 15.1 Å². The number of benzene rings is 1. The topological polar surface area (TPSA) is 53.5 Å². The molecule has 0 radical (unpaired) electrons. The van der Waals surface area contributed by atoms with Gasteiger partial charge in [0.15, 0.2) is 5.96 Å². The van der Waals surface area contributed by atoms with Gasteiger partial charge in [-0.25, -0.2) is 4.39 Å². The first-order chi connectivity index (χ1) is 8.56. The predicted octanol–water partition coefficient (Wildman–Crippen LogP) is 1.60. The molecule has 1 atom stereocenters. The molecule has 1 heterocycles. The summed E-state index contributed by atoms with van der Waals surface area (Å²) < 4.78 is 13.1.